The van der Waals surface area contributed by atoms with Crippen molar-refractivity contribution in [3.63, 3.8) is 0 Å². The van der Waals surface area contributed by atoms with Gasteiger partial charge in [-0.1, -0.05) is 13.8 Å². The fourth-order valence-corrected chi connectivity index (χ4v) is 7.11. The van der Waals surface area contributed by atoms with Crippen LogP contribution < -0.4 is 20.1 Å². The number of nitrogens with zero attached hydrogens (tertiary/aromatic N) is 3. The minimum absolute atomic E-state index is 0.00811. The van der Waals surface area contributed by atoms with E-state index in [1.54, 1.807) is 24.3 Å². The Labute approximate surface area is 273 Å². The average Bonchev–Trinajstić information content (AvgIpc) is 3.38. The average molecular weight is 672 g/mol. The van der Waals surface area contributed by atoms with E-state index in [1.165, 1.54) is 18.2 Å². The molecule has 2 aliphatic heterocycles. The summed E-state index contributed by atoms with van der Waals surface area (Å²) in [5.74, 6) is -0.970. The van der Waals surface area contributed by atoms with Gasteiger partial charge < -0.3 is 29.7 Å². The number of sulfonamides is 1. The minimum Gasteiger partial charge on any atom is -0.618 e. The maximum absolute atomic E-state index is 13.4. The van der Waals surface area contributed by atoms with Crippen LogP contribution in [0.25, 0.3) is 11.0 Å². The van der Waals surface area contributed by atoms with Crippen LogP contribution in [0.4, 0.5) is 0 Å². The number of carbonyl (C=O) groups is 3. The zero-order chi connectivity index (χ0) is 33.6. The van der Waals surface area contributed by atoms with Crippen LogP contribution in [-0.4, -0.2) is 99.8 Å². The molecule has 0 saturated carbocycles. The number of furan rings is 1. The Hall–Kier alpha value is -4.05. The summed E-state index contributed by atoms with van der Waals surface area (Å²) in [7, 11) is -4.23. The molecule has 1 aromatic carbocycles. The number of aromatic nitrogens is 1. The van der Waals surface area contributed by atoms with Crippen molar-refractivity contribution in [1.29, 1.82) is 0 Å². The van der Waals surface area contributed by atoms with Gasteiger partial charge in [-0.3, -0.25) is 19.3 Å². The van der Waals surface area contributed by atoms with E-state index in [0.29, 0.717) is 23.3 Å². The monoisotopic (exact) mass is 671 g/mol. The number of rotatable bonds is 12. The Morgan fingerprint density at radius 3 is 2.66 bits per heavy atom. The van der Waals surface area contributed by atoms with Gasteiger partial charge >= 0.3 is 15.0 Å². The van der Waals surface area contributed by atoms with Gasteiger partial charge in [-0.15, -0.1) is 0 Å². The molecule has 1 unspecified atom stereocenters. The Bertz CT molecular complexity index is 1690. The number of fused-ring (bicyclic) bond motifs is 1. The second kappa shape index (κ2) is 15.2. The first-order chi connectivity index (χ1) is 22.5. The molecule has 15 heteroatoms. The third kappa shape index (κ3) is 8.66. The highest BCUT2D eigenvalue weighted by Gasteiger charge is 2.37. The van der Waals surface area contributed by atoms with Crippen LogP contribution in [0, 0.1) is 11.1 Å². The number of ether oxygens (including phenoxy) is 2. The molecule has 2 saturated heterocycles. The molecule has 14 nitrogen and oxygen atoms in total. The van der Waals surface area contributed by atoms with Crippen molar-refractivity contribution < 1.29 is 41.4 Å². The number of carbonyl (C=O) groups excluding carboxylic acids is 3. The number of pyridine rings is 1. The fourth-order valence-electron chi connectivity index (χ4n) is 5.64. The molecule has 2 aromatic heterocycles. The van der Waals surface area contributed by atoms with Crippen molar-refractivity contribution in [2.45, 2.75) is 50.2 Å². The second-order valence-corrected chi connectivity index (χ2v) is 14.0. The second-order valence-electron chi connectivity index (χ2n) is 12.1. The molecule has 4 heterocycles. The summed E-state index contributed by atoms with van der Waals surface area (Å²) in [6.07, 6.45) is 1.84. The summed E-state index contributed by atoms with van der Waals surface area (Å²) < 4.78 is 44.5. The number of Topliss-reactive ketones (excluding diaryl/α,β-unsaturated/α-hetero) is 1. The molecule has 2 aliphatic rings. The topological polar surface area (TPSA) is 174 Å². The highest BCUT2D eigenvalue weighted by atomic mass is 32.2. The van der Waals surface area contributed by atoms with Gasteiger partial charge in [-0.25, -0.2) is 8.42 Å². The molecule has 2 atom stereocenters. The van der Waals surface area contributed by atoms with Gasteiger partial charge in [0.1, 0.15) is 24.0 Å². The van der Waals surface area contributed by atoms with E-state index in [4.69, 9.17) is 13.9 Å². The van der Waals surface area contributed by atoms with Gasteiger partial charge in [0.05, 0.1) is 25.8 Å². The molecular weight excluding hydrogens is 630 g/mol. The summed E-state index contributed by atoms with van der Waals surface area (Å²) >= 11 is 0. The lowest BCUT2D eigenvalue weighted by atomic mass is 10.0. The maximum Gasteiger partial charge on any atom is 0.323 e. The summed E-state index contributed by atoms with van der Waals surface area (Å²) in [5.41, 5.74) is 0.488. The normalized spacial score (nSPS) is 19.0. The third-order valence-electron chi connectivity index (χ3n) is 8.15. The number of benzene rings is 1. The van der Waals surface area contributed by atoms with Crippen LogP contribution >= 0.6 is 0 Å². The van der Waals surface area contributed by atoms with Gasteiger partial charge in [0.15, 0.2) is 17.7 Å². The van der Waals surface area contributed by atoms with Crippen molar-refractivity contribution in [3.8, 4) is 5.75 Å². The maximum atomic E-state index is 13.4. The van der Waals surface area contributed by atoms with Gasteiger partial charge in [-0.05, 0) is 55.5 Å². The molecule has 0 spiro atoms. The van der Waals surface area contributed by atoms with Gasteiger partial charge in [0.25, 0.3) is 5.91 Å². The van der Waals surface area contributed by atoms with E-state index in [0.717, 1.165) is 43.4 Å². The number of amides is 2. The first-order valence-electron chi connectivity index (χ1n) is 15.8. The lowest BCUT2D eigenvalue weighted by Gasteiger charge is -2.26. The molecule has 2 amide bonds. The molecular formula is C32H41N5O9S. The predicted molar refractivity (Wildman–Crippen MR) is 170 cm³/mol. The molecule has 2 N–H and O–H groups in total. The molecule has 0 bridgehead atoms. The van der Waals surface area contributed by atoms with Crippen molar-refractivity contribution in [3.05, 3.63) is 59.6 Å². The van der Waals surface area contributed by atoms with Crippen molar-refractivity contribution in [2.75, 3.05) is 52.5 Å². The van der Waals surface area contributed by atoms with Crippen LogP contribution in [0.15, 0.2) is 58.1 Å². The molecule has 0 radical (unpaired) electrons. The first kappa shape index (κ1) is 34.3. The number of nitrogens with one attached hydrogen (secondary N) is 2. The molecule has 5 rings (SSSR count). The van der Waals surface area contributed by atoms with E-state index >= 15 is 0 Å². The third-order valence-corrected chi connectivity index (χ3v) is 9.99. The highest BCUT2D eigenvalue weighted by Crippen LogP contribution is 2.25. The summed E-state index contributed by atoms with van der Waals surface area (Å²) in [6, 6.07) is 8.96. The van der Waals surface area contributed by atoms with Crippen molar-refractivity contribution in [2.24, 2.45) is 5.92 Å². The predicted octanol–water partition coefficient (Wildman–Crippen LogP) is 1.46. The lowest BCUT2D eigenvalue weighted by Crippen LogP contribution is -2.52. The lowest BCUT2D eigenvalue weighted by molar-refractivity contribution is -0.646. The van der Waals surface area contributed by atoms with E-state index in [1.807, 2.05) is 13.8 Å². The Balaban J connectivity index is 1.20. The molecule has 47 heavy (non-hydrogen) atoms. The van der Waals surface area contributed by atoms with E-state index in [2.05, 4.69) is 15.5 Å². The van der Waals surface area contributed by atoms with Crippen LogP contribution in [0.5, 0.6) is 5.75 Å². The van der Waals surface area contributed by atoms with Gasteiger partial charge in [-0.2, -0.15) is 9.04 Å². The number of hydrogen-bond acceptors (Lipinski definition) is 10. The van der Waals surface area contributed by atoms with Crippen LogP contribution in [0.2, 0.25) is 0 Å². The summed E-state index contributed by atoms with van der Waals surface area (Å²) in [6.45, 7) is 7.78. The van der Waals surface area contributed by atoms with E-state index in [9.17, 15) is 28.0 Å². The number of morpholine rings is 1. The molecule has 3 aromatic rings. The number of ketones is 1. The Morgan fingerprint density at radius 2 is 1.91 bits per heavy atom. The van der Waals surface area contributed by atoms with Crippen molar-refractivity contribution >= 4 is 38.6 Å². The standard InChI is InChI=1S/C32H41N5O9S/c1-22(2)18-26(31(39)33-25-6-5-10-36(21-27(25)38)47(42,43)30-7-3-4-11-37(30)41)34-32(40)29-20-23-19-24(8-9-28(23)46-29)45-17-14-35-12-15-44-16-13-35/h3-4,7-9,11,19-20,22,25-26H,5-6,10,12-18,21H2,1-2H3,(H,33,39)(H,34,40)/t25-,26?/m0/s1. The fraction of sp³-hybridized carbons (Fsp3) is 0.500. The molecule has 2 fully saturated rings. The highest BCUT2D eigenvalue weighted by molar-refractivity contribution is 7.89. The quantitative estimate of drug-likeness (QED) is 0.212. The van der Waals surface area contributed by atoms with Crippen LogP contribution in [0.3, 0.4) is 0 Å². The smallest absolute Gasteiger partial charge is 0.323 e. The zero-order valence-electron chi connectivity index (χ0n) is 26.6. The van der Waals surface area contributed by atoms with Gasteiger partial charge in [0, 0.05) is 43.7 Å². The Morgan fingerprint density at radius 1 is 1.13 bits per heavy atom. The van der Waals surface area contributed by atoms with E-state index in [-0.39, 0.29) is 42.2 Å². The molecule has 0 aliphatic carbocycles. The Kier molecular flexibility index (Phi) is 11.1. The first-order valence-corrected chi connectivity index (χ1v) is 17.2. The van der Waals surface area contributed by atoms with Crippen LogP contribution in [0.1, 0.15) is 43.7 Å². The van der Waals surface area contributed by atoms with E-state index < -0.39 is 51.3 Å². The van der Waals surface area contributed by atoms with Crippen LogP contribution in [-0.2, 0) is 24.3 Å². The van der Waals surface area contributed by atoms with Crippen molar-refractivity contribution in [1.82, 2.24) is 19.8 Å². The number of hydrogen-bond donors (Lipinski definition) is 2. The SMILES string of the molecule is CC(C)CC(NC(=O)c1cc2cc(OCCN3CCOCC3)ccc2o1)C(=O)N[C@H]1CCCN(S(=O)(=O)c2cccc[n+]2[O-])CC1=O. The summed E-state index contributed by atoms with van der Waals surface area (Å²) in [5, 5.41) is 17.8. The van der Waals surface area contributed by atoms with Gasteiger partial charge in [0.2, 0.25) is 5.91 Å². The zero-order valence-corrected chi connectivity index (χ0v) is 27.4. The molecule has 254 valence electrons. The summed E-state index contributed by atoms with van der Waals surface area (Å²) in [4.78, 5) is 42.1. The minimum atomic E-state index is -4.23. The largest absolute Gasteiger partial charge is 0.618 e.